The number of nitrogens with zero attached hydrogens (tertiary/aromatic N) is 1. The van der Waals surface area contributed by atoms with Gasteiger partial charge in [0.25, 0.3) is 0 Å². The molecule has 0 saturated heterocycles. The first kappa shape index (κ1) is 12.3. The molecule has 0 aliphatic carbocycles. The van der Waals surface area contributed by atoms with E-state index < -0.39 is 0 Å². The minimum atomic E-state index is 0.543. The van der Waals surface area contributed by atoms with Gasteiger partial charge in [-0.15, -0.1) is 0 Å². The van der Waals surface area contributed by atoms with Gasteiger partial charge in [-0.05, 0) is 12.1 Å². The van der Waals surface area contributed by atoms with Gasteiger partial charge in [0.2, 0.25) is 5.75 Å². The average molecular weight is 249 g/mol. The molecule has 18 heavy (non-hydrogen) atoms. The van der Waals surface area contributed by atoms with Crippen molar-refractivity contribution < 1.29 is 14.2 Å². The molecule has 0 spiro atoms. The summed E-state index contributed by atoms with van der Waals surface area (Å²) in [6.07, 6.45) is 1.64. The van der Waals surface area contributed by atoms with Gasteiger partial charge in [-0.25, -0.2) is 10.8 Å². The van der Waals surface area contributed by atoms with Gasteiger partial charge < -0.3 is 19.6 Å². The summed E-state index contributed by atoms with van der Waals surface area (Å²) in [6, 6.07) is 3.63. The molecule has 0 saturated carbocycles. The number of aromatic nitrogens is 1. The molecule has 96 valence electrons. The van der Waals surface area contributed by atoms with E-state index in [-0.39, 0.29) is 0 Å². The summed E-state index contributed by atoms with van der Waals surface area (Å²) < 4.78 is 16.0. The van der Waals surface area contributed by atoms with Crippen molar-refractivity contribution in [3.63, 3.8) is 0 Å². The summed E-state index contributed by atoms with van der Waals surface area (Å²) in [5, 5.41) is 1.65. The predicted octanol–water partition coefficient (Wildman–Crippen LogP) is 1.55. The minimum absolute atomic E-state index is 0.543. The predicted molar refractivity (Wildman–Crippen MR) is 69.2 cm³/mol. The molecule has 2 rings (SSSR count). The van der Waals surface area contributed by atoms with Crippen molar-refractivity contribution in [1.82, 2.24) is 4.98 Å². The second-order valence-electron chi connectivity index (χ2n) is 3.54. The number of methoxy groups -OCH3 is 3. The lowest BCUT2D eigenvalue weighted by atomic mass is 10.1. The number of fused-ring (bicyclic) bond motifs is 1. The molecule has 3 N–H and O–H groups in total. The highest BCUT2D eigenvalue weighted by Gasteiger charge is 2.17. The van der Waals surface area contributed by atoms with Crippen LogP contribution in [-0.4, -0.2) is 26.3 Å². The summed E-state index contributed by atoms with van der Waals surface area (Å²) in [7, 11) is 4.71. The molecule has 0 radical (unpaired) electrons. The van der Waals surface area contributed by atoms with E-state index in [0.29, 0.717) is 23.1 Å². The Bertz CT molecular complexity index is 572. The van der Waals surface area contributed by atoms with Crippen molar-refractivity contribution in [3.8, 4) is 17.2 Å². The number of nitrogen functional groups attached to an aromatic ring is 1. The third-order valence-corrected chi connectivity index (χ3v) is 2.71. The smallest absolute Gasteiger partial charge is 0.203 e. The maximum atomic E-state index is 5.44. The second kappa shape index (κ2) is 4.97. The van der Waals surface area contributed by atoms with Crippen LogP contribution in [0.5, 0.6) is 17.2 Å². The summed E-state index contributed by atoms with van der Waals surface area (Å²) >= 11 is 0. The fourth-order valence-electron chi connectivity index (χ4n) is 1.91. The van der Waals surface area contributed by atoms with Crippen LogP contribution in [0, 0.1) is 0 Å². The Labute approximate surface area is 105 Å². The molecule has 1 heterocycles. The van der Waals surface area contributed by atoms with Crippen LogP contribution in [0.4, 0.5) is 5.82 Å². The lowest BCUT2D eigenvalue weighted by Gasteiger charge is -2.15. The molecular weight excluding hydrogens is 234 g/mol. The van der Waals surface area contributed by atoms with Gasteiger partial charge in [0, 0.05) is 17.0 Å². The van der Waals surface area contributed by atoms with Crippen LogP contribution in [0.3, 0.4) is 0 Å². The van der Waals surface area contributed by atoms with Gasteiger partial charge in [-0.1, -0.05) is 0 Å². The molecule has 0 aliphatic heterocycles. The summed E-state index contributed by atoms with van der Waals surface area (Å²) in [5.41, 5.74) is 2.55. The van der Waals surface area contributed by atoms with Crippen LogP contribution in [-0.2, 0) is 0 Å². The SMILES string of the molecule is COc1cc2c(NN)nccc2c(OC)c1OC. The molecule has 6 heteroatoms. The zero-order valence-corrected chi connectivity index (χ0v) is 10.5. The Morgan fingerprint density at radius 3 is 2.33 bits per heavy atom. The zero-order valence-electron chi connectivity index (χ0n) is 10.5. The van der Waals surface area contributed by atoms with Gasteiger partial charge in [-0.2, -0.15) is 0 Å². The third kappa shape index (κ3) is 1.76. The molecular formula is C12H15N3O3. The van der Waals surface area contributed by atoms with E-state index in [2.05, 4.69) is 10.4 Å². The Morgan fingerprint density at radius 2 is 1.78 bits per heavy atom. The van der Waals surface area contributed by atoms with Crippen LogP contribution >= 0.6 is 0 Å². The summed E-state index contributed by atoms with van der Waals surface area (Å²) in [5.74, 6) is 7.69. The number of rotatable bonds is 4. The molecule has 0 unspecified atom stereocenters. The van der Waals surface area contributed by atoms with E-state index in [1.165, 1.54) is 0 Å². The highest BCUT2D eigenvalue weighted by atomic mass is 16.5. The topological polar surface area (TPSA) is 78.6 Å². The van der Waals surface area contributed by atoms with Gasteiger partial charge in [0.15, 0.2) is 11.5 Å². The third-order valence-electron chi connectivity index (χ3n) is 2.71. The van der Waals surface area contributed by atoms with Gasteiger partial charge in [0.1, 0.15) is 5.82 Å². The number of benzene rings is 1. The minimum Gasteiger partial charge on any atom is -0.493 e. The number of hydrogen-bond donors (Lipinski definition) is 2. The number of nitrogens with one attached hydrogen (secondary N) is 1. The standard InChI is InChI=1S/C12H15N3O3/c1-16-9-6-8-7(4-5-14-12(8)15-13)10(17-2)11(9)18-3/h4-6H,13H2,1-3H3,(H,14,15). The first-order chi connectivity index (χ1) is 8.76. The Morgan fingerprint density at radius 1 is 1.06 bits per heavy atom. The van der Waals surface area contributed by atoms with Crippen molar-refractivity contribution in [1.29, 1.82) is 0 Å². The Kier molecular flexibility index (Phi) is 3.38. The fraction of sp³-hybridized carbons (Fsp3) is 0.250. The Balaban J connectivity index is 2.87. The van der Waals surface area contributed by atoms with Crippen LogP contribution in [0.1, 0.15) is 0 Å². The van der Waals surface area contributed by atoms with E-state index in [4.69, 9.17) is 20.1 Å². The number of hydrogen-bond acceptors (Lipinski definition) is 6. The van der Waals surface area contributed by atoms with E-state index in [0.717, 1.165) is 10.8 Å². The van der Waals surface area contributed by atoms with Crippen molar-refractivity contribution in [2.24, 2.45) is 5.84 Å². The van der Waals surface area contributed by atoms with E-state index >= 15 is 0 Å². The maximum Gasteiger partial charge on any atom is 0.203 e. The molecule has 0 atom stereocenters. The number of anilines is 1. The first-order valence-corrected chi connectivity index (χ1v) is 5.31. The zero-order chi connectivity index (χ0) is 13.1. The van der Waals surface area contributed by atoms with Gasteiger partial charge in [-0.3, -0.25) is 0 Å². The first-order valence-electron chi connectivity index (χ1n) is 5.31. The van der Waals surface area contributed by atoms with E-state index in [1.807, 2.05) is 6.07 Å². The van der Waals surface area contributed by atoms with E-state index in [1.54, 1.807) is 33.6 Å². The van der Waals surface area contributed by atoms with Gasteiger partial charge >= 0.3 is 0 Å². The molecule has 0 fully saturated rings. The van der Waals surface area contributed by atoms with Crippen molar-refractivity contribution in [3.05, 3.63) is 18.3 Å². The lowest BCUT2D eigenvalue weighted by molar-refractivity contribution is 0.327. The molecule has 0 bridgehead atoms. The number of ether oxygens (including phenoxy) is 3. The lowest BCUT2D eigenvalue weighted by Crippen LogP contribution is -2.09. The van der Waals surface area contributed by atoms with Gasteiger partial charge in [0.05, 0.1) is 21.3 Å². The van der Waals surface area contributed by atoms with E-state index in [9.17, 15) is 0 Å². The summed E-state index contributed by atoms with van der Waals surface area (Å²) in [4.78, 5) is 4.14. The highest BCUT2D eigenvalue weighted by Crippen LogP contribution is 2.44. The quantitative estimate of drug-likeness (QED) is 0.632. The van der Waals surface area contributed by atoms with Crippen LogP contribution < -0.4 is 25.5 Å². The molecule has 1 aromatic heterocycles. The Hall–Kier alpha value is -2.21. The van der Waals surface area contributed by atoms with Crippen LogP contribution in [0.15, 0.2) is 18.3 Å². The number of nitrogens with two attached hydrogens (primary N) is 1. The molecule has 0 aliphatic rings. The monoisotopic (exact) mass is 249 g/mol. The average Bonchev–Trinajstić information content (AvgIpc) is 2.44. The molecule has 2 aromatic rings. The molecule has 6 nitrogen and oxygen atoms in total. The van der Waals surface area contributed by atoms with Crippen molar-refractivity contribution in [2.45, 2.75) is 0 Å². The van der Waals surface area contributed by atoms with Crippen molar-refractivity contribution in [2.75, 3.05) is 26.8 Å². The second-order valence-corrected chi connectivity index (χ2v) is 3.54. The van der Waals surface area contributed by atoms with Crippen molar-refractivity contribution >= 4 is 16.6 Å². The fourth-order valence-corrected chi connectivity index (χ4v) is 1.91. The largest absolute Gasteiger partial charge is 0.493 e. The maximum absolute atomic E-state index is 5.44. The van der Waals surface area contributed by atoms with Crippen LogP contribution in [0.2, 0.25) is 0 Å². The molecule has 0 amide bonds. The molecule has 1 aromatic carbocycles. The number of hydrazine groups is 1. The number of pyridine rings is 1. The normalized spacial score (nSPS) is 10.2. The highest BCUT2D eigenvalue weighted by molar-refractivity contribution is 5.99. The summed E-state index contributed by atoms with van der Waals surface area (Å²) in [6.45, 7) is 0. The van der Waals surface area contributed by atoms with Crippen LogP contribution in [0.25, 0.3) is 10.8 Å².